The summed E-state index contributed by atoms with van der Waals surface area (Å²) in [6.07, 6.45) is 2.70. The topological polar surface area (TPSA) is 57.5 Å². The monoisotopic (exact) mass is 420 g/mol. The van der Waals surface area contributed by atoms with Gasteiger partial charge < -0.3 is 14.7 Å². The maximum atomic E-state index is 13.6. The third-order valence-electron chi connectivity index (χ3n) is 6.10. The van der Waals surface area contributed by atoms with Gasteiger partial charge in [-0.1, -0.05) is 18.2 Å². The lowest BCUT2D eigenvalue weighted by molar-refractivity contribution is 0.0726. The highest BCUT2D eigenvalue weighted by Crippen LogP contribution is 2.19. The Kier molecular flexibility index (Phi) is 6.63. The summed E-state index contributed by atoms with van der Waals surface area (Å²) in [5.41, 5.74) is 3.43. The fourth-order valence-corrected chi connectivity index (χ4v) is 4.26. The Labute approximate surface area is 184 Å². The minimum atomic E-state index is 0.0292. The number of fused-ring (bicyclic) bond motifs is 1. The standard InChI is InChI=1S/C24H32N6O/c1-19-17-21(28(3)26-19)18-30(12-6-11-29-15-13-27(2)14-16-29)24(31)22-9-4-7-20-8-5-10-25-23(20)22/h4-5,7-10,17H,6,11-16,18H2,1-3H3. The molecule has 4 rings (SSSR count). The molecule has 3 heterocycles. The van der Waals surface area contributed by atoms with E-state index in [1.54, 1.807) is 6.20 Å². The van der Waals surface area contributed by atoms with Gasteiger partial charge in [0, 0.05) is 51.4 Å². The predicted molar refractivity (Wildman–Crippen MR) is 123 cm³/mol. The first-order valence-corrected chi connectivity index (χ1v) is 11.0. The molecule has 1 fully saturated rings. The van der Waals surface area contributed by atoms with Crippen LogP contribution in [0.25, 0.3) is 10.9 Å². The Balaban J connectivity index is 1.52. The minimum absolute atomic E-state index is 0.0292. The second kappa shape index (κ2) is 9.58. The minimum Gasteiger partial charge on any atom is -0.333 e. The van der Waals surface area contributed by atoms with E-state index >= 15 is 0 Å². The van der Waals surface area contributed by atoms with Crippen LogP contribution in [0.5, 0.6) is 0 Å². The van der Waals surface area contributed by atoms with E-state index in [-0.39, 0.29) is 5.91 Å². The maximum Gasteiger partial charge on any atom is 0.256 e. The second-order valence-corrected chi connectivity index (χ2v) is 8.51. The maximum absolute atomic E-state index is 13.6. The first-order chi connectivity index (χ1) is 15.0. The van der Waals surface area contributed by atoms with Crippen LogP contribution in [0.2, 0.25) is 0 Å². The largest absolute Gasteiger partial charge is 0.333 e. The number of piperazine rings is 1. The molecule has 3 aromatic rings. The van der Waals surface area contributed by atoms with Crippen LogP contribution in [0.15, 0.2) is 42.6 Å². The van der Waals surface area contributed by atoms with E-state index in [2.05, 4.69) is 33.0 Å². The molecule has 1 aromatic carbocycles. The SMILES string of the molecule is Cc1cc(CN(CCCN2CCN(C)CC2)C(=O)c2cccc3cccnc23)n(C)n1. The molecule has 0 saturated carbocycles. The first-order valence-electron chi connectivity index (χ1n) is 11.0. The summed E-state index contributed by atoms with van der Waals surface area (Å²) in [4.78, 5) is 25.0. The lowest BCUT2D eigenvalue weighted by Gasteiger charge is -2.33. The Morgan fingerprint density at radius 3 is 2.61 bits per heavy atom. The molecule has 31 heavy (non-hydrogen) atoms. The summed E-state index contributed by atoms with van der Waals surface area (Å²) >= 11 is 0. The average Bonchev–Trinajstić information content (AvgIpc) is 3.10. The van der Waals surface area contributed by atoms with E-state index in [1.165, 1.54) is 0 Å². The number of likely N-dealkylation sites (N-methyl/N-ethyl adjacent to an activating group) is 1. The second-order valence-electron chi connectivity index (χ2n) is 8.51. The number of aromatic nitrogens is 3. The molecule has 1 aliphatic rings. The van der Waals surface area contributed by atoms with E-state index in [0.717, 1.165) is 61.4 Å². The van der Waals surface area contributed by atoms with Crippen LogP contribution in [0.3, 0.4) is 0 Å². The molecule has 164 valence electrons. The number of rotatable bonds is 7. The van der Waals surface area contributed by atoms with E-state index in [9.17, 15) is 4.79 Å². The van der Waals surface area contributed by atoms with Crippen molar-refractivity contribution in [3.05, 3.63) is 59.5 Å². The van der Waals surface area contributed by atoms with Crippen LogP contribution >= 0.6 is 0 Å². The smallest absolute Gasteiger partial charge is 0.256 e. The summed E-state index contributed by atoms with van der Waals surface area (Å²) in [6.45, 7) is 8.66. The fourth-order valence-electron chi connectivity index (χ4n) is 4.26. The van der Waals surface area contributed by atoms with E-state index < -0.39 is 0 Å². The number of aryl methyl sites for hydroxylation is 2. The van der Waals surface area contributed by atoms with Crippen LogP contribution in [-0.4, -0.2) is 81.7 Å². The van der Waals surface area contributed by atoms with Gasteiger partial charge in [-0.25, -0.2) is 0 Å². The number of pyridine rings is 1. The Morgan fingerprint density at radius 1 is 1.10 bits per heavy atom. The Morgan fingerprint density at radius 2 is 1.87 bits per heavy atom. The molecule has 2 aromatic heterocycles. The van der Waals surface area contributed by atoms with E-state index in [4.69, 9.17) is 0 Å². The molecule has 1 aliphatic heterocycles. The zero-order chi connectivity index (χ0) is 21.8. The number of benzene rings is 1. The predicted octanol–water partition coefficient (Wildman–Crippen LogP) is 2.56. The van der Waals surface area contributed by atoms with E-state index in [1.807, 2.05) is 53.9 Å². The van der Waals surface area contributed by atoms with Crippen molar-refractivity contribution in [2.45, 2.75) is 19.9 Å². The van der Waals surface area contributed by atoms with Crippen LogP contribution in [-0.2, 0) is 13.6 Å². The molecule has 1 saturated heterocycles. The van der Waals surface area contributed by atoms with Crippen molar-refractivity contribution in [1.29, 1.82) is 0 Å². The molecule has 0 bridgehead atoms. The molecule has 0 spiro atoms. The van der Waals surface area contributed by atoms with Gasteiger partial charge in [-0.3, -0.25) is 14.5 Å². The number of nitrogens with zero attached hydrogens (tertiary/aromatic N) is 6. The van der Waals surface area contributed by atoms with Gasteiger partial charge in [0.2, 0.25) is 0 Å². The normalized spacial score (nSPS) is 15.5. The summed E-state index contributed by atoms with van der Waals surface area (Å²) in [6, 6.07) is 11.8. The highest BCUT2D eigenvalue weighted by atomic mass is 16.2. The van der Waals surface area contributed by atoms with Gasteiger partial charge >= 0.3 is 0 Å². The molecule has 0 radical (unpaired) electrons. The van der Waals surface area contributed by atoms with Crippen LogP contribution in [0.4, 0.5) is 0 Å². The summed E-state index contributed by atoms with van der Waals surface area (Å²) < 4.78 is 1.87. The van der Waals surface area contributed by atoms with Crippen LogP contribution in [0.1, 0.15) is 28.2 Å². The number of para-hydroxylation sites is 1. The molecule has 0 N–H and O–H groups in total. The number of hydrogen-bond donors (Lipinski definition) is 0. The van der Waals surface area contributed by atoms with Gasteiger partial charge in [0.25, 0.3) is 5.91 Å². The Hall–Kier alpha value is -2.77. The number of amides is 1. The summed E-state index contributed by atoms with van der Waals surface area (Å²) in [5.74, 6) is 0.0292. The number of hydrogen-bond acceptors (Lipinski definition) is 5. The number of carbonyl (C=O) groups excluding carboxylic acids is 1. The molecule has 7 heteroatoms. The van der Waals surface area contributed by atoms with Gasteiger partial charge in [-0.2, -0.15) is 5.10 Å². The van der Waals surface area contributed by atoms with Crippen molar-refractivity contribution in [2.24, 2.45) is 7.05 Å². The fraction of sp³-hybridized carbons (Fsp3) is 0.458. The molecular weight excluding hydrogens is 388 g/mol. The quantitative estimate of drug-likeness (QED) is 0.588. The molecule has 0 atom stereocenters. The highest BCUT2D eigenvalue weighted by molar-refractivity contribution is 6.05. The Bertz CT molecular complexity index is 1030. The van der Waals surface area contributed by atoms with Gasteiger partial charge in [-0.05, 0) is 45.1 Å². The summed E-state index contributed by atoms with van der Waals surface area (Å²) in [7, 11) is 4.11. The van der Waals surface area contributed by atoms with Gasteiger partial charge in [0.15, 0.2) is 0 Å². The molecule has 0 aliphatic carbocycles. The van der Waals surface area contributed by atoms with Crippen molar-refractivity contribution < 1.29 is 4.79 Å². The molecular formula is C24H32N6O. The third kappa shape index (κ3) is 5.11. The first kappa shape index (κ1) is 21.5. The zero-order valence-corrected chi connectivity index (χ0v) is 18.8. The lowest BCUT2D eigenvalue weighted by Crippen LogP contribution is -2.45. The van der Waals surface area contributed by atoms with Gasteiger partial charge in [-0.15, -0.1) is 0 Å². The van der Waals surface area contributed by atoms with E-state index in [0.29, 0.717) is 18.7 Å². The molecule has 1 amide bonds. The van der Waals surface area contributed by atoms with Gasteiger partial charge in [0.05, 0.1) is 29.0 Å². The summed E-state index contributed by atoms with van der Waals surface area (Å²) in [5, 5.41) is 5.45. The lowest BCUT2D eigenvalue weighted by atomic mass is 10.1. The molecule has 7 nitrogen and oxygen atoms in total. The van der Waals surface area contributed by atoms with Crippen molar-refractivity contribution >= 4 is 16.8 Å². The highest BCUT2D eigenvalue weighted by Gasteiger charge is 2.21. The van der Waals surface area contributed by atoms with Crippen molar-refractivity contribution in [1.82, 2.24) is 29.5 Å². The average molecular weight is 421 g/mol. The van der Waals surface area contributed by atoms with Crippen LogP contribution in [0, 0.1) is 6.92 Å². The van der Waals surface area contributed by atoms with Crippen LogP contribution < -0.4 is 0 Å². The zero-order valence-electron chi connectivity index (χ0n) is 18.8. The van der Waals surface area contributed by atoms with Crippen molar-refractivity contribution in [3.8, 4) is 0 Å². The third-order valence-corrected chi connectivity index (χ3v) is 6.10. The van der Waals surface area contributed by atoms with Gasteiger partial charge in [0.1, 0.15) is 0 Å². The van der Waals surface area contributed by atoms with Crippen molar-refractivity contribution in [2.75, 3.05) is 46.3 Å². The number of carbonyl (C=O) groups is 1. The molecule has 0 unspecified atom stereocenters. The van der Waals surface area contributed by atoms with Crippen molar-refractivity contribution in [3.63, 3.8) is 0 Å².